The first-order valence-corrected chi connectivity index (χ1v) is 4.18. The van der Waals surface area contributed by atoms with Gasteiger partial charge in [-0.2, -0.15) is 0 Å². The molecule has 0 aliphatic rings. The molecule has 0 aromatic carbocycles. The fourth-order valence-corrected chi connectivity index (χ4v) is 0.772. The van der Waals surface area contributed by atoms with E-state index < -0.39 is 5.97 Å². The molecular formula is C9H15NO3. The van der Waals surface area contributed by atoms with Gasteiger partial charge in [-0.15, -0.1) is 0 Å². The molecule has 0 aromatic rings. The summed E-state index contributed by atoms with van der Waals surface area (Å²) in [4.78, 5) is 20.8. The number of unbranched alkanes of at least 4 members (excludes halogenated alkanes) is 1. The third-order valence-electron chi connectivity index (χ3n) is 1.54. The summed E-state index contributed by atoms with van der Waals surface area (Å²) in [5.41, 5.74) is 0.350. The monoisotopic (exact) mass is 185 g/mol. The molecule has 2 N–H and O–H groups in total. The minimum atomic E-state index is -0.889. The Morgan fingerprint density at radius 1 is 1.38 bits per heavy atom. The molecule has 0 saturated heterocycles. The maximum atomic E-state index is 10.4. The van der Waals surface area contributed by atoms with Crippen molar-refractivity contribution in [1.82, 2.24) is 5.32 Å². The van der Waals surface area contributed by atoms with Gasteiger partial charge in [0.15, 0.2) is 0 Å². The maximum absolute atomic E-state index is 10.4. The summed E-state index contributed by atoms with van der Waals surface area (Å²) in [6.07, 6.45) is 3.10. The third-order valence-corrected chi connectivity index (χ3v) is 1.54. The van der Waals surface area contributed by atoms with Gasteiger partial charge >= 0.3 is 5.97 Å². The van der Waals surface area contributed by atoms with Gasteiger partial charge in [-0.25, -0.2) is 4.79 Å². The standard InChI is InChI=1S/C9H15NO3/c1-7(9(12)13)5-3-4-6-10-8(2)11/h5H,3-4,6H2,1-2H3,(H,10,11)(H,12,13)/b7-5+. The van der Waals surface area contributed by atoms with E-state index in [0.717, 1.165) is 6.42 Å². The fraction of sp³-hybridized carbons (Fsp3) is 0.556. The van der Waals surface area contributed by atoms with Crippen molar-refractivity contribution in [3.05, 3.63) is 11.6 Å². The van der Waals surface area contributed by atoms with Crippen LogP contribution in [0.3, 0.4) is 0 Å². The molecule has 0 rings (SSSR count). The van der Waals surface area contributed by atoms with Crippen LogP contribution in [0.5, 0.6) is 0 Å². The summed E-state index contributed by atoms with van der Waals surface area (Å²) in [5, 5.41) is 11.1. The van der Waals surface area contributed by atoms with E-state index in [4.69, 9.17) is 5.11 Å². The first kappa shape index (κ1) is 11.7. The molecule has 74 valence electrons. The summed E-state index contributed by atoms with van der Waals surface area (Å²) in [7, 11) is 0. The van der Waals surface area contributed by atoms with Gasteiger partial charge in [-0.3, -0.25) is 4.79 Å². The number of rotatable bonds is 5. The number of aliphatic carboxylic acids is 1. The number of hydrogen-bond acceptors (Lipinski definition) is 2. The highest BCUT2D eigenvalue weighted by molar-refractivity contribution is 5.85. The van der Waals surface area contributed by atoms with Crippen molar-refractivity contribution in [2.75, 3.05) is 6.54 Å². The number of carbonyl (C=O) groups excluding carboxylic acids is 1. The Morgan fingerprint density at radius 2 is 2.00 bits per heavy atom. The van der Waals surface area contributed by atoms with Gasteiger partial charge in [0.1, 0.15) is 0 Å². The summed E-state index contributed by atoms with van der Waals surface area (Å²) < 4.78 is 0. The van der Waals surface area contributed by atoms with Crippen LogP contribution in [0.15, 0.2) is 11.6 Å². The molecule has 1 amide bonds. The van der Waals surface area contributed by atoms with E-state index in [1.54, 1.807) is 13.0 Å². The van der Waals surface area contributed by atoms with Gasteiger partial charge in [-0.05, 0) is 19.8 Å². The Kier molecular flexibility index (Phi) is 5.59. The number of hydrogen-bond donors (Lipinski definition) is 2. The van der Waals surface area contributed by atoms with Gasteiger partial charge in [0.05, 0.1) is 0 Å². The molecule has 4 heteroatoms. The lowest BCUT2D eigenvalue weighted by atomic mass is 10.2. The maximum Gasteiger partial charge on any atom is 0.330 e. The van der Waals surface area contributed by atoms with Gasteiger partial charge in [0, 0.05) is 19.0 Å². The van der Waals surface area contributed by atoms with E-state index in [2.05, 4.69) is 5.32 Å². The fourth-order valence-electron chi connectivity index (χ4n) is 0.772. The molecule has 0 saturated carbocycles. The minimum Gasteiger partial charge on any atom is -0.478 e. The largest absolute Gasteiger partial charge is 0.478 e. The van der Waals surface area contributed by atoms with Crippen molar-refractivity contribution in [2.45, 2.75) is 26.7 Å². The second-order valence-corrected chi connectivity index (χ2v) is 2.82. The van der Waals surface area contributed by atoms with Crippen LogP contribution >= 0.6 is 0 Å². The number of allylic oxidation sites excluding steroid dienone is 1. The number of carboxylic acids is 1. The van der Waals surface area contributed by atoms with Gasteiger partial charge in [-0.1, -0.05) is 6.08 Å². The van der Waals surface area contributed by atoms with Crippen LogP contribution in [0, 0.1) is 0 Å². The topological polar surface area (TPSA) is 66.4 Å². The SMILES string of the molecule is CC(=O)NCCC/C=C(\C)C(=O)O. The van der Waals surface area contributed by atoms with E-state index in [-0.39, 0.29) is 5.91 Å². The summed E-state index contributed by atoms with van der Waals surface area (Å²) >= 11 is 0. The molecule has 0 bridgehead atoms. The van der Waals surface area contributed by atoms with Gasteiger partial charge in [0.25, 0.3) is 0 Å². The Bertz CT molecular complexity index is 221. The highest BCUT2D eigenvalue weighted by atomic mass is 16.4. The molecule has 0 radical (unpaired) electrons. The van der Waals surface area contributed by atoms with Crippen molar-refractivity contribution in [2.24, 2.45) is 0 Å². The van der Waals surface area contributed by atoms with Crippen molar-refractivity contribution in [1.29, 1.82) is 0 Å². The zero-order valence-electron chi connectivity index (χ0n) is 7.96. The minimum absolute atomic E-state index is 0.0565. The average Bonchev–Trinajstić information content (AvgIpc) is 2.02. The molecule has 13 heavy (non-hydrogen) atoms. The van der Waals surface area contributed by atoms with Crippen LogP contribution in [-0.4, -0.2) is 23.5 Å². The molecule has 0 spiro atoms. The molecule has 0 heterocycles. The second-order valence-electron chi connectivity index (χ2n) is 2.82. The normalized spacial score (nSPS) is 11.1. The lowest BCUT2D eigenvalue weighted by Gasteiger charge is -1.98. The van der Waals surface area contributed by atoms with E-state index >= 15 is 0 Å². The highest BCUT2D eigenvalue weighted by Gasteiger charge is 1.97. The Hall–Kier alpha value is -1.32. The molecule has 0 atom stereocenters. The Morgan fingerprint density at radius 3 is 2.46 bits per heavy atom. The number of carboxylic acid groups (broad SMARTS) is 1. The summed E-state index contributed by atoms with van der Waals surface area (Å²) in [6.45, 7) is 3.61. The van der Waals surface area contributed by atoms with Crippen molar-refractivity contribution in [3.63, 3.8) is 0 Å². The van der Waals surface area contributed by atoms with Crippen LogP contribution in [0.1, 0.15) is 26.7 Å². The van der Waals surface area contributed by atoms with Crippen LogP contribution in [0.2, 0.25) is 0 Å². The predicted molar refractivity (Wildman–Crippen MR) is 49.3 cm³/mol. The van der Waals surface area contributed by atoms with Crippen molar-refractivity contribution < 1.29 is 14.7 Å². The van der Waals surface area contributed by atoms with Crippen LogP contribution in [-0.2, 0) is 9.59 Å². The van der Waals surface area contributed by atoms with E-state index in [0.29, 0.717) is 18.5 Å². The first-order valence-electron chi connectivity index (χ1n) is 4.18. The van der Waals surface area contributed by atoms with Gasteiger partial charge < -0.3 is 10.4 Å². The first-order chi connectivity index (χ1) is 6.04. The van der Waals surface area contributed by atoms with Crippen LogP contribution in [0.4, 0.5) is 0 Å². The zero-order chi connectivity index (χ0) is 10.3. The van der Waals surface area contributed by atoms with Gasteiger partial charge in [0.2, 0.25) is 5.91 Å². The second kappa shape index (κ2) is 6.22. The van der Waals surface area contributed by atoms with Crippen molar-refractivity contribution in [3.8, 4) is 0 Å². The number of carbonyl (C=O) groups is 2. The molecule has 0 aliphatic carbocycles. The molecule has 0 unspecified atom stereocenters. The van der Waals surface area contributed by atoms with E-state index in [1.165, 1.54) is 6.92 Å². The molecule has 0 aromatic heterocycles. The quantitative estimate of drug-likeness (QED) is 0.494. The summed E-state index contributed by atoms with van der Waals surface area (Å²) in [6, 6.07) is 0. The number of amides is 1. The van der Waals surface area contributed by atoms with E-state index in [1.807, 2.05) is 0 Å². The number of nitrogens with one attached hydrogen (secondary N) is 1. The summed E-state index contributed by atoms with van der Waals surface area (Å²) in [5.74, 6) is -0.946. The molecule has 0 aliphatic heterocycles. The third kappa shape index (κ3) is 7.05. The lowest BCUT2D eigenvalue weighted by molar-refractivity contribution is -0.132. The average molecular weight is 185 g/mol. The van der Waals surface area contributed by atoms with Crippen LogP contribution in [0.25, 0.3) is 0 Å². The highest BCUT2D eigenvalue weighted by Crippen LogP contribution is 1.97. The Labute approximate surface area is 77.6 Å². The van der Waals surface area contributed by atoms with Crippen molar-refractivity contribution >= 4 is 11.9 Å². The van der Waals surface area contributed by atoms with Crippen LogP contribution < -0.4 is 5.32 Å². The lowest BCUT2D eigenvalue weighted by Crippen LogP contribution is -2.20. The Balaban J connectivity index is 3.50. The molecule has 4 nitrogen and oxygen atoms in total. The molecule has 0 fully saturated rings. The predicted octanol–water partition coefficient (Wildman–Crippen LogP) is 0.934. The molecular weight excluding hydrogens is 170 g/mol. The smallest absolute Gasteiger partial charge is 0.330 e. The zero-order valence-corrected chi connectivity index (χ0v) is 7.96. The van der Waals surface area contributed by atoms with E-state index in [9.17, 15) is 9.59 Å².